The predicted molar refractivity (Wildman–Crippen MR) is 67.2 cm³/mol. The first-order chi connectivity index (χ1) is 8.24. The first kappa shape index (κ1) is 11.2. The Kier molecular flexibility index (Phi) is 2.70. The van der Waals surface area contributed by atoms with E-state index >= 15 is 4.39 Å². The van der Waals surface area contributed by atoms with Gasteiger partial charge in [-0.3, -0.25) is 0 Å². The smallest absolute Gasteiger partial charge is 0.151 e. The van der Waals surface area contributed by atoms with E-state index in [0.717, 1.165) is 17.9 Å². The topological polar surface area (TPSA) is 26.0 Å². The van der Waals surface area contributed by atoms with E-state index in [1.54, 1.807) is 0 Å². The van der Waals surface area contributed by atoms with Crippen molar-refractivity contribution in [3.8, 4) is 0 Å². The summed E-state index contributed by atoms with van der Waals surface area (Å²) in [5, 5.41) is 0. The summed E-state index contributed by atoms with van der Waals surface area (Å²) < 4.78 is 15.3. The zero-order valence-corrected chi connectivity index (χ0v) is 10.1. The van der Waals surface area contributed by atoms with Crippen molar-refractivity contribution < 1.29 is 4.39 Å². The van der Waals surface area contributed by atoms with Gasteiger partial charge in [-0.25, -0.2) is 4.39 Å². The Hall–Kier alpha value is -0.890. The van der Waals surface area contributed by atoms with Crippen molar-refractivity contribution in [1.29, 1.82) is 0 Å². The molecule has 4 unspecified atom stereocenters. The lowest BCUT2D eigenvalue weighted by atomic mass is 9.74. The van der Waals surface area contributed by atoms with Crippen LogP contribution in [-0.4, -0.2) is 6.54 Å². The first-order valence-corrected chi connectivity index (χ1v) is 6.68. The lowest BCUT2D eigenvalue weighted by Gasteiger charge is -2.36. The zero-order chi connectivity index (χ0) is 11.9. The van der Waals surface area contributed by atoms with Crippen molar-refractivity contribution in [3.63, 3.8) is 0 Å². The van der Waals surface area contributed by atoms with E-state index in [0.29, 0.717) is 5.92 Å². The minimum Gasteiger partial charge on any atom is -0.327 e. The first-order valence-electron chi connectivity index (χ1n) is 6.68. The Labute approximate surface area is 102 Å². The van der Waals surface area contributed by atoms with Gasteiger partial charge in [0.05, 0.1) is 0 Å². The van der Waals surface area contributed by atoms with Gasteiger partial charge in [0, 0.05) is 12.5 Å². The summed E-state index contributed by atoms with van der Waals surface area (Å²) in [7, 11) is 0. The van der Waals surface area contributed by atoms with Gasteiger partial charge < -0.3 is 5.73 Å². The number of halogens is 1. The maximum Gasteiger partial charge on any atom is 0.151 e. The second-order valence-electron chi connectivity index (χ2n) is 5.71. The van der Waals surface area contributed by atoms with E-state index in [-0.39, 0.29) is 12.5 Å². The van der Waals surface area contributed by atoms with E-state index in [1.165, 1.54) is 19.3 Å². The molecule has 92 valence electrons. The van der Waals surface area contributed by atoms with Gasteiger partial charge in [0.25, 0.3) is 0 Å². The summed E-state index contributed by atoms with van der Waals surface area (Å²) in [5.41, 5.74) is 5.25. The van der Waals surface area contributed by atoms with Gasteiger partial charge in [0.1, 0.15) is 0 Å². The lowest BCUT2D eigenvalue weighted by molar-refractivity contribution is 0.0501. The highest BCUT2D eigenvalue weighted by Crippen LogP contribution is 2.55. The maximum absolute atomic E-state index is 15.3. The highest BCUT2D eigenvalue weighted by Gasteiger charge is 2.51. The monoisotopic (exact) mass is 233 g/mol. The number of nitrogens with two attached hydrogens (primary N) is 1. The van der Waals surface area contributed by atoms with Crippen LogP contribution in [0.2, 0.25) is 0 Å². The number of hydrogen-bond acceptors (Lipinski definition) is 1. The van der Waals surface area contributed by atoms with Crippen LogP contribution in [-0.2, 0) is 5.67 Å². The summed E-state index contributed by atoms with van der Waals surface area (Å²) >= 11 is 0. The summed E-state index contributed by atoms with van der Waals surface area (Å²) in [6.07, 6.45) is 4.76. The average Bonchev–Trinajstić information content (AvgIpc) is 3.01. The number of alkyl halides is 1. The standard InChI is InChI=1S/C15H20FN/c16-15(10-17,13-4-2-1-3-5-13)14-9-11-6-7-12(14)8-11/h1-5,11-12,14H,6-10,17H2. The largest absolute Gasteiger partial charge is 0.327 e. The molecule has 0 aliphatic heterocycles. The molecule has 0 amide bonds. The molecule has 2 fully saturated rings. The van der Waals surface area contributed by atoms with E-state index in [1.807, 2.05) is 30.3 Å². The van der Waals surface area contributed by atoms with Gasteiger partial charge in [-0.2, -0.15) is 0 Å². The van der Waals surface area contributed by atoms with Crippen LogP contribution >= 0.6 is 0 Å². The predicted octanol–water partition coefficient (Wildman–Crippen LogP) is 3.25. The van der Waals surface area contributed by atoms with Gasteiger partial charge in [-0.15, -0.1) is 0 Å². The molecule has 3 rings (SSSR count). The Bertz CT molecular complexity index is 391. The second kappa shape index (κ2) is 4.09. The fraction of sp³-hybridized carbons (Fsp3) is 0.600. The fourth-order valence-corrected chi connectivity index (χ4v) is 4.00. The molecule has 2 aliphatic rings. The van der Waals surface area contributed by atoms with Crippen LogP contribution in [0.1, 0.15) is 31.2 Å². The third kappa shape index (κ3) is 1.70. The number of benzene rings is 1. The minimum atomic E-state index is -1.30. The van der Waals surface area contributed by atoms with E-state index in [4.69, 9.17) is 5.73 Å². The zero-order valence-electron chi connectivity index (χ0n) is 10.1. The molecule has 0 radical (unpaired) electrons. The number of rotatable bonds is 3. The van der Waals surface area contributed by atoms with Crippen LogP contribution in [0, 0.1) is 17.8 Å². The Morgan fingerprint density at radius 1 is 1.18 bits per heavy atom. The molecule has 1 aromatic carbocycles. The van der Waals surface area contributed by atoms with Gasteiger partial charge >= 0.3 is 0 Å². The Morgan fingerprint density at radius 2 is 1.94 bits per heavy atom. The highest BCUT2D eigenvalue weighted by molar-refractivity contribution is 5.25. The van der Waals surface area contributed by atoms with E-state index < -0.39 is 5.67 Å². The van der Waals surface area contributed by atoms with E-state index in [2.05, 4.69) is 0 Å². The third-order valence-electron chi connectivity index (χ3n) is 4.88. The van der Waals surface area contributed by atoms with Crippen molar-refractivity contribution in [2.24, 2.45) is 23.5 Å². The summed E-state index contributed by atoms with van der Waals surface area (Å²) in [5.74, 6) is 1.47. The molecule has 4 atom stereocenters. The van der Waals surface area contributed by atoms with Gasteiger partial charge in [0.15, 0.2) is 5.67 Å². The molecular formula is C15H20FN. The molecule has 1 aromatic rings. The quantitative estimate of drug-likeness (QED) is 0.852. The lowest BCUT2D eigenvalue weighted by Crippen LogP contribution is -2.40. The summed E-state index contributed by atoms with van der Waals surface area (Å²) in [6.45, 7) is 0.116. The van der Waals surface area contributed by atoms with Crippen LogP contribution in [0.5, 0.6) is 0 Å². The molecule has 2 aliphatic carbocycles. The minimum absolute atomic E-state index is 0.116. The highest BCUT2D eigenvalue weighted by atomic mass is 19.1. The maximum atomic E-state index is 15.3. The molecular weight excluding hydrogens is 213 g/mol. The SMILES string of the molecule is NCC(F)(c1ccccc1)C1CC2CCC1C2. The average molecular weight is 233 g/mol. The van der Waals surface area contributed by atoms with Crippen LogP contribution in [0.25, 0.3) is 0 Å². The summed E-state index contributed by atoms with van der Waals surface area (Å²) in [4.78, 5) is 0. The Morgan fingerprint density at radius 3 is 2.47 bits per heavy atom. The van der Waals surface area contributed by atoms with Crippen LogP contribution < -0.4 is 5.73 Å². The van der Waals surface area contributed by atoms with Gasteiger partial charge in [-0.05, 0) is 36.7 Å². The normalized spacial score (nSPS) is 34.8. The number of fused-ring (bicyclic) bond motifs is 2. The second-order valence-corrected chi connectivity index (χ2v) is 5.71. The fourth-order valence-electron chi connectivity index (χ4n) is 4.00. The molecule has 1 nitrogen and oxygen atoms in total. The van der Waals surface area contributed by atoms with Crippen molar-refractivity contribution in [1.82, 2.24) is 0 Å². The van der Waals surface area contributed by atoms with Crippen LogP contribution in [0.15, 0.2) is 30.3 Å². The molecule has 2 heteroatoms. The van der Waals surface area contributed by atoms with Crippen molar-refractivity contribution in [3.05, 3.63) is 35.9 Å². The molecule has 2 bridgehead atoms. The summed E-state index contributed by atoms with van der Waals surface area (Å²) in [6, 6.07) is 9.53. The molecule has 2 N–H and O–H groups in total. The molecule has 0 heterocycles. The molecule has 0 aromatic heterocycles. The third-order valence-corrected chi connectivity index (χ3v) is 4.88. The molecule has 17 heavy (non-hydrogen) atoms. The van der Waals surface area contributed by atoms with Gasteiger partial charge in [0.2, 0.25) is 0 Å². The molecule has 0 spiro atoms. The van der Waals surface area contributed by atoms with Crippen LogP contribution in [0.3, 0.4) is 0 Å². The van der Waals surface area contributed by atoms with E-state index in [9.17, 15) is 0 Å². The van der Waals surface area contributed by atoms with Crippen LogP contribution in [0.4, 0.5) is 4.39 Å². The van der Waals surface area contributed by atoms with Gasteiger partial charge in [-0.1, -0.05) is 36.8 Å². The Balaban J connectivity index is 1.92. The molecule has 0 saturated heterocycles. The van der Waals surface area contributed by atoms with Crippen molar-refractivity contribution >= 4 is 0 Å². The number of hydrogen-bond donors (Lipinski definition) is 1. The van der Waals surface area contributed by atoms with Crippen molar-refractivity contribution in [2.45, 2.75) is 31.4 Å². The molecule has 2 saturated carbocycles. The van der Waals surface area contributed by atoms with Crippen molar-refractivity contribution in [2.75, 3.05) is 6.54 Å².